The molecule has 1 fully saturated rings. The summed E-state index contributed by atoms with van der Waals surface area (Å²) in [7, 11) is 0. The molecule has 1 aliphatic rings. The van der Waals surface area contributed by atoms with Crippen molar-refractivity contribution in [1.82, 2.24) is 20.5 Å². The van der Waals surface area contributed by atoms with Gasteiger partial charge in [-0.1, -0.05) is 6.07 Å². The van der Waals surface area contributed by atoms with Crippen LogP contribution in [0.15, 0.2) is 18.3 Å². The van der Waals surface area contributed by atoms with Crippen molar-refractivity contribution in [2.75, 3.05) is 26.2 Å². The highest BCUT2D eigenvalue weighted by molar-refractivity contribution is 5.82. The van der Waals surface area contributed by atoms with E-state index in [9.17, 15) is 9.59 Å². The quantitative estimate of drug-likeness (QED) is 0.812. The van der Waals surface area contributed by atoms with Gasteiger partial charge in [0.05, 0.1) is 19.1 Å². The fourth-order valence-corrected chi connectivity index (χ4v) is 2.14. The third-order valence-electron chi connectivity index (χ3n) is 3.30. The Hall–Kier alpha value is -1.95. The summed E-state index contributed by atoms with van der Waals surface area (Å²) >= 11 is 0. The Kier molecular flexibility index (Phi) is 4.68. The highest BCUT2D eigenvalue weighted by Crippen LogP contribution is 2.10. The average Bonchev–Trinajstić information content (AvgIpc) is 2.39. The van der Waals surface area contributed by atoms with Gasteiger partial charge in [-0.15, -0.1) is 0 Å². The Balaban J connectivity index is 1.84. The summed E-state index contributed by atoms with van der Waals surface area (Å²) in [4.78, 5) is 29.3. The lowest BCUT2D eigenvalue weighted by Crippen LogP contribution is -2.50. The first-order valence-corrected chi connectivity index (χ1v) is 6.75. The minimum atomic E-state index is -0.0887. The van der Waals surface area contributed by atoms with Crippen molar-refractivity contribution in [3.63, 3.8) is 0 Å². The number of aromatic nitrogens is 1. The summed E-state index contributed by atoms with van der Waals surface area (Å²) in [5.74, 6) is -0.104. The molecule has 0 aliphatic carbocycles. The molecule has 0 aromatic carbocycles. The number of nitrogens with one attached hydrogen (secondary N) is 2. The van der Waals surface area contributed by atoms with Crippen LogP contribution in [0.1, 0.15) is 24.2 Å². The molecule has 1 atom stereocenters. The van der Waals surface area contributed by atoms with Gasteiger partial charge >= 0.3 is 0 Å². The second kappa shape index (κ2) is 6.47. The minimum absolute atomic E-state index is 0.0279. The molecule has 2 rings (SSSR count). The van der Waals surface area contributed by atoms with Gasteiger partial charge in [0, 0.05) is 25.0 Å². The maximum atomic E-state index is 12.0. The van der Waals surface area contributed by atoms with Crippen molar-refractivity contribution >= 4 is 11.8 Å². The average molecular weight is 276 g/mol. The summed E-state index contributed by atoms with van der Waals surface area (Å²) in [6.45, 7) is 5.69. The number of carbonyl (C=O) groups excluding carboxylic acids is 2. The lowest BCUT2D eigenvalue weighted by molar-refractivity contribution is -0.127. The van der Waals surface area contributed by atoms with Crippen LogP contribution >= 0.6 is 0 Å². The monoisotopic (exact) mass is 276 g/mol. The van der Waals surface area contributed by atoms with Crippen molar-refractivity contribution in [3.05, 3.63) is 29.6 Å². The molecule has 6 nitrogen and oxygen atoms in total. The van der Waals surface area contributed by atoms with E-state index >= 15 is 0 Å². The number of rotatable bonds is 4. The summed E-state index contributed by atoms with van der Waals surface area (Å²) in [5, 5.41) is 5.66. The fraction of sp³-hybridized carbons (Fsp3) is 0.500. The number of pyridine rings is 1. The number of aryl methyl sites for hydroxylation is 1. The number of hydrogen-bond donors (Lipinski definition) is 2. The van der Waals surface area contributed by atoms with Crippen LogP contribution in [0.3, 0.4) is 0 Å². The molecule has 1 saturated heterocycles. The SMILES string of the molecule is Cc1ccc([C@H](C)NC(=O)CN2CCNC(=O)C2)cn1. The molecular weight excluding hydrogens is 256 g/mol. The second-order valence-electron chi connectivity index (χ2n) is 5.08. The Morgan fingerprint density at radius 2 is 2.35 bits per heavy atom. The highest BCUT2D eigenvalue weighted by Gasteiger charge is 2.19. The minimum Gasteiger partial charge on any atom is -0.354 e. The second-order valence-corrected chi connectivity index (χ2v) is 5.08. The smallest absolute Gasteiger partial charge is 0.234 e. The molecule has 2 N–H and O–H groups in total. The number of carbonyl (C=O) groups is 2. The number of piperazine rings is 1. The van der Waals surface area contributed by atoms with Crippen molar-refractivity contribution in [2.45, 2.75) is 19.9 Å². The molecule has 20 heavy (non-hydrogen) atoms. The van der Waals surface area contributed by atoms with E-state index in [0.29, 0.717) is 13.1 Å². The Morgan fingerprint density at radius 1 is 1.55 bits per heavy atom. The molecule has 1 aromatic rings. The van der Waals surface area contributed by atoms with E-state index in [4.69, 9.17) is 0 Å². The first-order valence-electron chi connectivity index (χ1n) is 6.75. The maximum Gasteiger partial charge on any atom is 0.234 e. The molecule has 0 saturated carbocycles. The topological polar surface area (TPSA) is 74.3 Å². The van der Waals surface area contributed by atoms with Crippen LogP contribution in [-0.2, 0) is 9.59 Å². The molecular formula is C14H20N4O2. The zero-order chi connectivity index (χ0) is 14.5. The third-order valence-corrected chi connectivity index (χ3v) is 3.30. The first kappa shape index (κ1) is 14.5. The Labute approximate surface area is 118 Å². The van der Waals surface area contributed by atoms with Crippen LogP contribution in [0.4, 0.5) is 0 Å². The number of amides is 2. The molecule has 108 valence electrons. The van der Waals surface area contributed by atoms with E-state index in [2.05, 4.69) is 15.6 Å². The van der Waals surface area contributed by atoms with Crippen LogP contribution in [0.5, 0.6) is 0 Å². The Bertz CT molecular complexity index is 486. The van der Waals surface area contributed by atoms with Gasteiger partial charge in [-0.2, -0.15) is 0 Å². The van der Waals surface area contributed by atoms with E-state index in [-0.39, 0.29) is 30.9 Å². The van der Waals surface area contributed by atoms with Gasteiger partial charge in [0.1, 0.15) is 0 Å². The van der Waals surface area contributed by atoms with Crippen molar-refractivity contribution < 1.29 is 9.59 Å². The highest BCUT2D eigenvalue weighted by atomic mass is 16.2. The molecule has 0 radical (unpaired) electrons. The van der Waals surface area contributed by atoms with Gasteiger partial charge in [0.2, 0.25) is 11.8 Å². The van der Waals surface area contributed by atoms with Gasteiger partial charge in [0.25, 0.3) is 0 Å². The van der Waals surface area contributed by atoms with Crippen LogP contribution in [0.2, 0.25) is 0 Å². The van der Waals surface area contributed by atoms with Crippen LogP contribution in [0, 0.1) is 6.92 Å². The largest absolute Gasteiger partial charge is 0.354 e. The maximum absolute atomic E-state index is 12.0. The van der Waals surface area contributed by atoms with Crippen LogP contribution < -0.4 is 10.6 Å². The molecule has 2 heterocycles. The normalized spacial score (nSPS) is 17.4. The van der Waals surface area contributed by atoms with E-state index in [1.165, 1.54) is 0 Å². The molecule has 6 heteroatoms. The van der Waals surface area contributed by atoms with E-state index < -0.39 is 0 Å². The summed E-state index contributed by atoms with van der Waals surface area (Å²) in [6, 6.07) is 3.79. The standard InChI is InChI=1S/C14H20N4O2/c1-10-3-4-12(7-16-10)11(2)17-14(20)9-18-6-5-15-13(19)8-18/h3-4,7,11H,5-6,8-9H2,1-2H3,(H,15,19)(H,17,20)/t11-/m0/s1. The first-order chi connectivity index (χ1) is 9.54. The number of hydrogen-bond acceptors (Lipinski definition) is 4. The molecule has 0 bridgehead atoms. The zero-order valence-corrected chi connectivity index (χ0v) is 11.8. The lowest BCUT2D eigenvalue weighted by Gasteiger charge is -2.26. The van der Waals surface area contributed by atoms with E-state index in [1.54, 1.807) is 6.20 Å². The predicted octanol–water partition coefficient (Wildman–Crippen LogP) is -0.000980. The van der Waals surface area contributed by atoms with E-state index in [0.717, 1.165) is 11.3 Å². The van der Waals surface area contributed by atoms with Crippen molar-refractivity contribution in [3.8, 4) is 0 Å². The molecule has 0 spiro atoms. The van der Waals surface area contributed by atoms with Crippen LogP contribution in [-0.4, -0.2) is 47.9 Å². The molecule has 0 unspecified atom stereocenters. The van der Waals surface area contributed by atoms with Gasteiger partial charge in [0.15, 0.2) is 0 Å². The summed E-state index contributed by atoms with van der Waals surface area (Å²) in [6.07, 6.45) is 1.77. The molecule has 1 aliphatic heterocycles. The lowest BCUT2D eigenvalue weighted by atomic mass is 10.1. The van der Waals surface area contributed by atoms with Gasteiger partial charge in [-0.05, 0) is 25.5 Å². The Morgan fingerprint density at radius 3 is 3.00 bits per heavy atom. The van der Waals surface area contributed by atoms with Crippen molar-refractivity contribution in [2.24, 2.45) is 0 Å². The van der Waals surface area contributed by atoms with Crippen molar-refractivity contribution in [1.29, 1.82) is 0 Å². The summed E-state index contributed by atoms with van der Waals surface area (Å²) < 4.78 is 0. The number of nitrogens with zero attached hydrogens (tertiary/aromatic N) is 2. The van der Waals surface area contributed by atoms with Gasteiger partial charge in [-0.25, -0.2) is 0 Å². The third kappa shape index (κ3) is 4.03. The van der Waals surface area contributed by atoms with E-state index in [1.807, 2.05) is 30.9 Å². The molecule has 1 aromatic heterocycles. The van der Waals surface area contributed by atoms with Crippen LogP contribution in [0.25, 0.3) is 0 Å². The molecule has 2 amide bonds. The van der Waals surface area contributed by atoms with Gasteiger partial charge < -0.3 is 10.6 Å². The predicted molar refractivity (Wildman–Crippen MR) is 75.0 cm³/mol. The fourth-order valence-electron chi connectivity index (χ4n) is 2.14. The van der Waals surface area contributed by atoms with Gasteiger partial charge in [-0.3, -0.25) is 19.5 Å². The summed E-state index contributed by atoms with van der Waals surface area (Å²) in [5.41, 5.74) is 1.92. The zero-order valence-electron chi connectivity index (χ0n) is 11.8.